The van der Waals surface area contributed by atoms with Gasteiger partial charge in [-0.05, 0) is 19.4 Å². The zero-order valence-electron chi connectivity index (χ0n) is 10.8. The average molecular weight is 269 g/mol. The molecule has 2 N–H and O–H groups in total. The van der Waals surface area contributed by atoms with Crippen molar-refractivity contribution in [1.82, 2.24) is 8.87 Å². The van der Waals surface area contributed by atoms with E-state index in [9.17, 15) is 8.42 Å². The van der Waals surface area contributed by atoms with Crippen LogP contribution in [-0.4, -0.2) is 30.4 Å². The molecule has 0 spiro atoms. The van der Waals surface area contributed by atoms with Crippen LogP contribution >= 0.6 is 0 Å². The van der Waals surface area contributed by atoms with E-state index in [4.69, 9.17) is 5.73 Å². The quantitative estimate of drug-likeness (QED) is 0.826. The zero-order chi connectivity index (χ0) is 13.3. The highest BCUT2D eigenvalue weighted by Gasteiger charge is 2.27. The number of hydrogen-bond acceptors (Lipinski definition) is 3. The topological polar surface area (TPSA) is 68.3 Å². The molecule has 100 valence electrons. The Balaban J connectivity index is 2.33. The van der Waals surface area contributed by atoms with E-state index in [2.05, 4.69) is 6.08 Å². The molecule has 0 bridgehead atoms. The van der Waals surface area contributed by atoms with Gasteiger partial charge in [-0.2, -0.15) is 4.31 Å². The Morgan fingerprint density at radius 1 is 1.44 bits per heavy atom. The average Bonchev–Trinajstić information content (AvgIpc) is 2.71. The first-order valence-electron chi connectivity index (χ1n) is 5.96. The molecule has 1 aliphatic rings. The number of aryl methyl sites for hydroxylation is 1. The van der Waals surface area contributed by atoms with Gasteiger partial charge in [-0.1, -0.05) is 11.6 Å². The summed E-state index contributed by atoms with van der Waals surface area (Å²) in [5, 5.41) is 0. The lowest BCUT2D eigenvalue weighted by molar-refractivity contribution is 0.428. The molecule has 2 heterocycles. The van der Waals surface area contributed by atoms with Gasteiger partial charge < -0.3 is 10.3 Å². The second-order valence-corrected chi connectivity index (χ2v) is 6.60. The lowest BCUT2D eigenvalue weighted by Gasteiger charge is -2.24. The van der Waals surface area contributed by atoms with Gasteiger partial charge in [0.25, 0.3) is 0 Å². The second-order valence-electron chi connectivity index (χ2n) is 4.66. The SMILES string of the molecule is CC1=CCCN(S(=O)(=O)c2cc(CN)n(C)c2)C1. The summed E-state index contributed by atoms with van der Waals surface area (Å²) < 4.78 is 28.2. The first-order chi connectivity index (χ1) is 8.45. The van der Waals surface area contributed by atoms with Gasteiger partial charge in [0, 0.05) is 38.6 Å². The lowest BCUT2D eigenvalue weighted by Crippen LogP contribution is -2.35. The predicted octanol–water partition coefficient (Wildman–Crippen LogP) is 0.824. The fourth-order valence-electron chi connectivity index (χ4n) is 2.15. The van der Waals surface area contributed by atoms with Crippen LogP contribution in [0.3, 0.4) is 0 Å². The smallest absolute Gasteiger partial charge is 0.244 e. The number of rotatable bonds is 3. The summed E-state index contributed by atoms with van der Waals surface area (Å²) in [6, 6.07) is 1.66. The molecular weight excluding hydrogens is 250 g/mol. The van der Waals surface area contributed by atoms with Crippen molar-refractivity contribution in [3.8, 4) is 0 Å². The van der Waals surface area contributed by atoms with Gasteiger partial charge in [0.05, 0.1) is 0 Å². The van der Waals surface area contributed by atoms with E-state index in [1.807, 2.05) is 14.0 Å². The van der Waals surface area contributed by atoms with Crippen molar-refractivity contribution in [1.29, 1.82) is 0 Å². The van der Waals surface area contributed by atoms with Crippen molar-refractivity contribution in [3.63, 3.8) is 0 Å². The molecule has 2 rings (SSSR count). The highest BCUT2D eigenvalue weighted by molar-refractivity contribution is 7.89. The highest BCUT2D eigenvalue weighted by atomic mass is 32.2. The summed E-state index contributed by atoms with van der Waals surface area (Å²) in [6.07, 6.45) is 4.50. The third kappa shape index (κ3) is 2.36. The summed E-state index contributed by atoms with van der Waals surface area (Å²) in [7, 11) is -1.58. The molecule has 0 aromatic carbocycles. The minimum atomic E-state index is -3.39. The molecule has 6 heteroatoms. The third-order valence-corrected chi connectivity index (χ3v) is 5.04. The van der Waals surface area contributed by atoms with Crippen LogP contribution in [0.5, 0.6) is 0 Å². The third-order valence-electron chi connectivity index (χ3n) is 3.23. The van der Waals surface area contributed by atoms with E-state index in [0.717, 1.165) is 17.7 Å². The minimum Gasteiger partial charge on any atom is -0.352 e. The van der Waals surface area contributed by atoms with Crippen molar-refractivity contribution >= 4 is 10.0 Å². The standard InChI is InChI=1S/C12H19N3O2S/c1-10-4-3-5-15(8-10)18(16,17)12-6-11(7-13)14(2)9-12/h4,6,9H,3,5,7-8,13H2,1-2H3. The molecule has 0 fully saturated rings. The van der Waals surface area contributed by atoms with Gasteiger partial charge in [0.2, 0.25) is 10.0 Å². The summed E-state index contributed by atoms with van der Waals surface area (Å²) in [4.78, 5) is 0.333. The van der Waals surface area contributed by atoms with Crippen molar-refractivity contribution in [2.24, 2.45) is 12.8 Å². The normalized spacial score (nSPS) is 17.8. The van der Waals surface area contributed by atoms with Gasteiger partial charge in [-0.3, -0.25) is 0 Å². The fraction of sp³-hybridized carbons (Fsp3) is 0.500. The lowest BCUT2D eigenvalue weighted by atomic mass is 10.2. The Morgan fingerprint density at radius 3 is 2.72 bits per heavy atom. The van der Waals surface area contributed by atoms with Crippen molar-refractivity contribution in [2.45, 2.75) is 24.8 Å². The Labute approximate surface area is 108 Å². The first-order valence-corrected chi connectivity index (χ1v) is 7.40. The monoisotopic (exact) mass is 269 g/mol. The van der Waals surface area contributed by atoms with Gasteiger partial charge in [-0.15, -0.1) is 0 Å². The molecule has 5 nitrogen and oxygen atoms in total. The molecule has 1 aromatic heterocycles. The molecule has 0 aliphatic carbocycles. The van der Waals surface area contributed by atoms with E-state index in [0.29, 0.717) is 24.5 Å². The van der Waals surface area contributed by atoms with Crippen LogP contribution in [0.4, 0.5) is 0 Å². The molecule has 18 heavy (non-hydrogen) atoms. The highest BCUT2D eigenvalue weighted by Crippen LogP contribution is 2.21. The molecule has 0 atom stereocenters. The van der Waals surface area contributed by atoms with Crippen LogP contribution in [0.15, 0.2) is 28.8 Å². The summed E-state index contributed by atoms with van der Waals surface area (Å²) in [5.74, 6) is 0. The Hall–Kier alpha value is -1.11. The largest absolute Gasteiger partial charge is 0.352 e. The van der Waals surface area contributed by atoms with Crippen molar-refractivity contribution in [3.05, 3.63) is 29.6 Å². The van der Waals surface area contributed by atoms with Gasteiger partial charge in [0.15, 0.2) is 0 Å². The molecule has 1 aromatic rings. The molecule has 0 saturated heterocycles. The van der Waals surface area contributed by atoms with Crippen LogP contribution in [0, 0.1) is 0 Å². The van der Waals surface area contributed by atoms with Gasteiger partial charge in [0.1, 0.15) is 4.90 Å². The maximum atomic E-state index is 12.5. The van der Waals surface area contributed by atoms with Gasteiger partial charge >= 0.3 is 0 Å². The Bertz CT molecular complexity index is 572. The van der Waals surface area contributed by atoms with E-state index in [1.165, 1.54) is 4.31 Å². The van der Waals surface area contributed by atoms with E-state index in [-0.39, 0.29) is 0 Å². The van der Waals surface area contributed by atoms with Crippen LogP contribution in [0.2, 0.25) is 0 Å². The molecule has 0 unspecified atom stereocenters. The van der Waals surface area contributed by atoms with Crippen LogP contribution in [0.1, 0.15) is 19.0 Å². The summed E-state index contributed by atoms with van der Waals surface area (Å²) in [6.45, 7) is 3.32. The van der Waals surface area contributed by atoms with E-state index >= 15 is 0 Å². The van der Waals surface area contributed by atoms with Gasteiger partial charge in [-0.25, -0.2) is 8.42 Å². The molecule has 1 aliphatic heterocycles. The first kappa shape index (κ1) is 13.3. The minimum absolute atomic E-state index is 0.333. The maximum absolute atomic E-state index is 12.5. The van der Waals surface area contributed by atoms with Crippen LogP contribution < -0.4 is 5.73 Å². The zero-order valence-corrected chi connectivity index (χ0v) is 11.6. The number of hydrogen-bond donors (Lipinski definition) is 1. The van der Waals surface area contributed by atoms with Crippen molar-refractivity contribution < 1.29 is 8.42 Å². The number of aromatic nitrogens is 1. The summed E-state index contributed by atoms with van der Waals surface area (Å²) in [5.41, 5.74) is 7.48. The maximum Gasteiger partial charge on any atom is 0.244 e. The molecule has 0 amide bonds. The molecule has 0 radical (unpaired) electrons. The number of nitrogens with two attached hydrogens (primary N) is 1. The van der Waals surface area contributed by atoms with E-state index < -0.39 is 10.0 Å². The number of nitrogens with zero attached hydrogens (tertiary/aromatic N) is 2. The van der Waals surface area contributed by atoms with Crippen LogP contribution in [-0.2, 0) is 23.6 Å². The van der Waals surface area contributed by atoms with E-state index in [1.54, 1.807) is 16.8 Å². The molecule has 0 saturated carbocycles. The van der Waals surface area contributed by atoms with Crippen LogP contribution in [0.25, 0.3) is 0 Å². The predicted molar refractivity (Wildman–Crippen MR) is 70.4 cm³/mol. The molecular formula is C12H19N3O2S. The summed E-state index contributed by atoms with van der Waals surface area (Å²) >= 11 is 0. The fourth-order valence-corrected chi connectivity index (χ4v) is 3.75. The second kappa shape index (κ2) is 4.87. The Kier molecular flexibility index (Phi) is 3.61. The Morgan fingerprint density at radius 2 is 2.17 bits per heavy atom. The van der Waals surface area contributed by atoms with Crippen molar-refractivity contribution in [2.75, 3.05) is 13.1 Å². The number of sulfonamides is 1.